The van der Waals surface area contributed by atoms with Gasteiger partial charge in [0.1, 0.15) is 17.7 Å². The van der Waals surface area contributed by atoms with Crippen LogP contribution in [0.2, 0.25) is 0 Å². The molecule has 0 radical (unpaired) electrons. The third-order valence-electron chi connectivity index (χ3n) is 3.92. The molecule has 2 N–H and O–H groups in total. The van der Waals surface area contributed by atoms with E-state index < -0.39 is 0 Å². The van der Waals surface area contributed by atoms with Gasteiger partial charge in [-0.2, -0.15) is 5.10 Å². The lowest BCUT2D eigenvalue weighted by Crippen LogP contribution is -2.33. The number of nitrogens with zero attached hydrogens (tertiary/aromatic N) is 3. The Morgan fingerprint density at radius 2 is 2.33 bits per heavy atom. The Morgan fingerprint density at radius 3 is 3.08 bits per heavy atom. The molecule has 2 aromatic heterocycles. The number of halogens is 1. The van der Waals surface area contributed by atoms with Crippen molar-refractivity contribution in [3.05, 3.63) is 48.3 Å². The van der Waals surface area contributed by atoms with Gasteiger partial charge < -0.3 is 10.3 Å². The Balaban J connectivity index is 1.50. The van der Waals surface area contributed by atoms with Gasteiger partial charge in [-0.25, -0.2) is 9.37 Å². The summed E-state index contributed by atoms with van der Waals surface area (Å²) in [5, 5.41) is 7.06. The summed E-state index contributed by atoms with van der Waals surface area (Å²) in [4.78, 5) is 19.7. The van der Waals surface area contributed by atoms with Crippen molar-refractivity contribution in [1.82, 2.24) is 25.1 Å². The van der Waals surface area contributed by atoms with E-state index in [0.717, 1.165) is 17.8 Å². The van der Waals surface area contributed by atoms with Crippen molar-refractivity contribution >= 4 is 16.9 Å². The zero-order valence-corrected chi connectivity index (χ0v) is 13.5. The van der Waals surface area contributed by atoms with E-state index in [1.165, 1.54) is 12.1 Å². The van der Waals surface area contributed by atoms with Gasteiger partial charge in [-0.05, 0) is 37.1 Å². The number of carbonyl (C=O) groups is 1. The smallest absolute Gasteiger partial charge is 0.244 e. The molecular formula is C17H20FN5O. The predicted octanol–water partition coefficient (Wildman–Crippen LogP) is 2.60. The Labute approximate surface area is 139 Å². The fourth-order valence-electron chi connectivity index (χ4n) is 2.70. The second-order valence-electron chi connectivity index (χ2n) is 5.65. The summed E-state index contributed by atoms with van der Waals surface area (Å²) in [5.74, 6) is 0.478. The van der Waals surface area contributed by atoms with Crippen molar-refractivity contribution in [2.75, 3.05) is 6.54 Å². The maximum Gasteiger partial charge on any atom is 0.244 e. The summed E-state index contributed by atoms with van der Waals surface area (Å²) >= 11 is 0. The lowest BCUT2D eigenvalue weighted by molar-refractivity contribution is -0.124. The second-order valence-corrected chi connectivity index (χ2v) is 5.65. The average molecular weight is 329 g/mol. The second kappa shape index (κ2) is 7.25. The minimum atomic E-state index is -0.283. The Hall–Kier alpha value is -2.70. The molecule has 0 aliphatic heterocycles. The normalized spacial score (nSPS) is 12.4. The molecule has 6 nitrogen and oxygen atoms in total. The van der Waals surface area contributed by atoms with Crippen LogP contribution in [0.4, 0.5) is 4.39 Å². The van der Waals surface area contributed by atoms with E-state index in [2.05, 4.69) is 20.4 Å². The monoisotopic (exact) mass is 329 g/mol. The van der Waals surface area contributed by atoms with Gasteiger partial charge in [0.2, 0.25) is 5.91 Å². The highest BCUT2D eigenvalue weighted by atomic mass is 19.1. The molecule has 0 spiro atoms. The van der Waals surface area contributed by atoms with Crippen molar-refractivity contribution in [1.29, 1.82) is 0 Å². The van der Waals surface area contributed by atoms with Crippen molar-refractivity contribution in [2.24, 2.45) is 0 Å². The number of benzene rings is 1. The molecule has 1 atom stereocenters. The number of imidazole rings is 1. The van der Waals surface area contributed by atoms with E-state index in [9.17, 15) is 9.18 Å². The van der Waals surface area contributed by atoms with Gasteiger partial charge >= 0.3 is 0 Å². The molecule has 7 heteroatoms. The van der Waals surface area contributed by atoms with E-state index in [0.29, 0.717) is 24.9 Å². The first-order chi connectivity index (χ1) is 11.7. The molecule has 0 bridgehead atoms. The van der Waals surface area contributed by atoms with Crippen LogP contribution in [0.15, 0.2) is 36.7 Å². The number of hydrogen-bond acceptors (Lipinski definition) is 3. The molecule has 126 valence electrons. The number of nitrogens with one attached hydrogen (secondary N) is 2. The average Bonchev–Trinajstić information content (AvgIpc) is 3.21. The number of fused-ring (bicyclic) bond motifs is 1. The third kappa shape index (κ3) is 3.61. The van der Waals surface area contributed by atoms with Crippen LogP contribution in [0.5, 0.6) is 0 Å². The van der Waals surface area contributed by atoms with Gasteiger partial charge in [0, 0.05) is 25.4 Å². The van der Waals surface area contributed by atoms with Crippen LogP contribution in [0, 0.1) is 5.82 Å². The Bertz CT molecular complexity index is 812. The number of aryl methyl sites for hydroxylation is 1. The lowest BCUT2D eigenvalue weighted by atomic mass is 10.2. The highest BCUT2D eigenvalue weighted by molar-refractivity contribution is 5.80. The number of H-pyrrole nitrogens is 1. The van der Waals surface area contributed by atoms with Crippen LogP contribution >= 0.6 is 0 Å². The molecule has 0 aliphatic rings. The quantitative estimate of drug-likeness (QED) is 0.654. The molecule has 0 saturated heterocycles. The largest absolute Gasteiger partial charge is 0.354 e. The van der Waals surface area contributed by atoms with Gasteiger partial charge in [0.15, 0.2) is 0 Å². The zero-order valence-electron chi connectivity index (χ0n) is 13.5. The standard InChI is InChI=1S/C17H20FN5O/c1-2-15(23-10-4-9-20-23)17(24)19-8-3-5-16-21-13-7-6-12(18)11-14(13)22-16/h4,6-7,9-11,15H,2-3,5,8H2,1H3,(H,19,24)(H,21,22)/t15-/m1/s1. The number of aromatic nitrogens is 4. The molecular weight excluding hydrogens is 309 g/mol. The van der Waals surface area contributed by atoms with Gasteiger partial charge in [-0.1, -0.05) is 6.92 Å². The molecule has 1 aromatic carbocycles. The van der Waals surface area contributed by atoms with Gasteiger partial charge in [0.05, 0.1) is 11.0 Å². The summed E-state index contributed by atoms with van der Waals surface area (Å²) < 4.78 is 14.8. The third-order valence-corrected chi connectivity index (χ3v) is 3.92. The summed E-state index contributed by atoms with van der Waals surface area (Å²) in [7, 11) is 0. The zero-order chi connectivity index (χ0) is 16.9. The number of amides is 1. The fourth-order valence-corrected chi connectivity index (χ4v) is 2.70. The highest BCUT2D eigenvalue weighted by Gasteiger charge is 2.17. The van der Waals surface area contributed by atoms with Crippen LogP contribution in [-0.2, 0) is 11.2 Å². The minimum absolute atomic E-state index is 0.0344. The first-order valence-corrected chi connectivity index (χ1v) is 8.08. The van der Waals surface area contributed by atoms with E-state index in [-0.39, 0.29) is 17.8 Å². The number of carbonyl (C=O) groups excluding carboxylic acids is 1. The van der Waals surface area contributed by atoms with E-state index in [1.54, 1.807) is 29.2 Å². The van der Waals surface area contributed by atoms with Crippen molar-refractivity contribution in [2.45, 2.75) is 32.2 Å². The number of aromatic amines is 1. The highest BCUT2D eigenvalue weighted by Crippen LogP contribution is 2.14. The minimum Gasteiger partial charge on any atom is -0.354 e. The molecule has 0 saturated carbocycles. The van der Waals surface area contributed by atoms with Gasteiger partial charge in [-0.15, -0.1) is 0 Å². The summed E-state index contributed by atoms with van der Waals surface area (Å²) in [5.41, 5.74) is 1.44. The summed E-state index contributed by atoms with van der Waals surface area (Å²) in [6.45, 7) is 2.52. The van der Waals surface area contributed by atoms with Crippen molar-refractivity contribution in [3.63, 3.8) is 0 Å². The van der Waals surface area contributed by atoms with Crippen molar-refractivity contribution < 1.29 is 9.18 Å². The molecule has 0 fully saturated rings. The molecule has 0 aliphatic carbocycles. The Kier molecular flexibility index (Phi) is 4.88. The molecule has 1 amide bonds. The SMILES string of the molecule is CC[C@H](C(=O)NCCCc1nc2ccc(F)cc2[nH]1)n1cccn1. The lowest BCUT2D eigenvalue weighted by Gasteiger charge is -2.15. The maximum absolute atomic E-state index is 13.2. The Morgan fingerprint density at radius 1 is 1.46 bits per heavy atom. The summed E-state index contributed by atoms with van der Waals surface area (Å²) in [6.07, 6.45) is 5.59. The maximum atomic E-state index is 13.2. The van der Waals surface area contributed by atoms with Gasteiger partial charge in [-0.3, -0.25) is 9.48 Å². The fraction of sp³-hybridized carbons (Fsp3) is 0.353. The molecule has 0 unspecified atom stereocenters. The summed E-state index contributed by atoms with van der Waals surface area (Å²) in [6, 6.07) is 6.01. The first kappa shape index (κ1) is 16.2. The van der Waals surface area contributed by atoms with E-state index in [4.69, 9.17) is 0 Å². The van der Waals surface area contributed by atoms with Crippen LogP contribution in [-0.4, -0.2) is 32.2 Å². The van der Waals surface area contributed by atoms with Crippen LogP contribution in [0.3, 0.4) is 0 Å². The van der Waals surface area contributed by atoms with Crippen LogP contribution < -0.4 is 5.32 Å². The van der Waals surface area contributed by atoms with E-state index in [1.807, 2.05) is 6.92 Å². The first-order valence-electron chi connectivity index (χ1n) is 8.08. The number of rotatable bonds is 7. The van der Waals surface area contributed by atoms with Crippen molar-refractivity contribution in [3.8, 4) is 0 Å². The molecule has 3 rings (SSSR count). The topological polar surface area (TPSA) is 75.6 Å². The predicted molar refractivity (Wildman–Crippen MR) is 88.9 cm³/mol. The van der Waals surface area contributed by atoms with Gasteiger partial charge in [0.25, 0.3) is 0 Å². The molecule has 3 aromatic rings. The van der Waals surface area contributed by atoms with Crippen LogP contribution in [0.25, 0.3) is 11.0 Å². The van der Waals surface area contributed by atoms with Crippen LogP contribution in [0.1, 0.15) is 31.6 Å². The molecule has 2 heterocycles. The van der Waals surface area contributed by atoms with E-state index >= 15 is 0 Å². The molecule has 24 heavy (non-hydrogen) atoms. The number of hydrogen-bond donors (Lipinski definition) is 2.